The van der Waals surface area contributed by atoms with Gasteiger partial charge in [0.1, 0.15) is 0 Å². The van der Waals surface area contributed by atoms with Gasteiger partial charge in [-0.2, -0.15) is 0 Å². The van der Waals surface area contributed by atoms with Crippen LogP contribution in [-0.4, -0.2) is 85.9 Å². The van der Waals surface area contributed by atoms with E-state index >= 15 is 0 Å². The molecule has 1 aromatic heterocycles. The summed E-state index contributed by atoms with van der Waals surface area (Å²) in [6, 6.07) is 1.85. The maximum atomic E-state index is 5.81. The molecule has 2 N–H and O–H groups in total. The first-order chi connectivity index (χ1) is 12.7. The highest BCUT2D eigenvalue weighted by atomic mass is 127. The lowest BCUT2D eigenvalue weighted by molar-refractivity contribution is 0.0243. The Labute approximate surface area is 179 Å². The molecule has 0 radical (unpaired) electrons. The van der Waals surface area contributed by atoms with Crippen molar-refractivity contribution in [2.45, 2.75) is 25.4 Å². The number of nitrogens with one attached hydrogen (secondary N) is 2. The molecule has 2 fully saturated rings. The van der Waals surface area contributed by atoms with Gasteiger partial charge in [0.25, 0.3) is 0 Å². The zero-order valence-corrected chi connectivity index (χ0v) is 18.7. The average Bonchev–Trinajstić information content (AvgIpc) is 3.12. The molecule has 0 saturated carbocycles. The zero-order chi connectivity index (χ0) is 18.2. The quantitative estimate of drug-likeness (QED) is 0.350. The molecule has 3 rings (SSSR count). The van der Waals surface area contributed by atoms with Gasteiger partial charge in [0.15, 0.2) is 5.96 Å². The number of rotatable bonds is 6. The molecule has 0 aliphatic carbocycles. The molecule has 1 atom stereocenters. The van der Waals surface area contributed by atoms with Crippen molar-refractivity contribution in [1.82, 2.24) is 25.5 Å². The van der Waals surface area contributed by atoms with Crippen LogP contribution >= 0.6 is 24.0 Å². The Kier molecular flexibility index (Phi) is 8.97. The van der Waals surface area contributed by atoms with E-state index in [1.165, 1.54) is 0 Å². The third kappa shape index (κ3) is 6.72. The highest BCUT2D eigenvalue weighted by molar-refractivity contribution is 14.0. The molecule has 0 bridgehead atoms. The molecule has 0 spiro atoms. The number of halogens is 1. The minimum absolute atomic E-state index is 0. The first-order valence-corrected chi connectivity index (χ1v) is 9.51. The van der Waals surface area contributed by atoms with E-state index in [4.69, 9.17) is 4.74 Å². The van der Waals surface area contributed by atoms with E-state index in [-0.39, 0.29) is 29.6 Å². The predicted octanol–water partition coefficient (Wildman–Crippen LogP) is 0.951. The summed E-state index contributed by atoms with van der Waals surface area (Å²) in [7, 11) is 1.81. The molecular formula is C18H32IN7O. The van der Waals surface area contributed by atoms with Gasteiger partial charge in [0.05, 0.1) is 5.60 Å². The van der Waals surface area contributed by atoms with E-state index < -0.39 is 0 Å². The molecule has 27 heavy (non-hydrogen) atoms. The summed E-state index contributed by atoms with van der Waals surface area (Å²) in [6.45, 7) is 9.68. The smallest absolute Gasteiger partial charge is 0.225 e. The molecule has 2 aliphatic heterocycles. The summed E-state index contributed by atoms with van der Waals surface area (Å²) >= 11 is 0. The van der Waals surface area contributed by atoms with Crippen LogP contribution in [0, 0.1) is 0 Å². The normalized spacial score (nSPS) is 23.8. The van der Waals surface area contributed by atoms with Gasteiger partial charge >= 0.3 is 0 Å². The molecule has 9 heteroatoms. The number of piperazine rings is 1. The molecule has 0 amide bonds. The molecule has 8 nitrogen and oxygen atoms in total. The largest absolute Gasteiger partial charge is 0.373 e. The number of aliphatic imine (C=N–C) groups is 1. The van der Waals surface area contributed by atoms with Gasteiger partial charge in [-0.05, 0) is 25.8 Å². The fourth-order valence-corrected chi connectivity index (χ4v) is 3.43. The van der Waals surface area contributed by atoms with Crippen LogP contribution in [0.2, 0.25) is 0 Å². The lowest BCUT2D eigenvalue weighted by Gasteiger charge is -2.34. The van der Waals surface area contributed by atoms with Crippen LogP contribution in [0.5, 0.6) is 0 Å². The Morgan fingerprint density at radius 3 is 2.59 bits per heavy atom. The van der Waals surface area contributed by atoms with Crippen molar-refractivity contribution >= 4 is 35.9 Å². The first-order valence-electron chi connectivity index (χ1n) is 9.51. The van der Waals surface area contributed by atoms with Gasteiger partial charge < -0.3 is 20.3 Å². The molecule has 0 aromatic carbocycles. The molecule has 2 aliphatic rings. The van der Waals surface area contributed by atoms with Crippen molar-refractivity contribution in [2.24, 2.45) is 4.99 Å². The number of anilines is 1. The van der Waals surface area contributed by atoms with Gasteiger partial charge in [-0.25, -0.2) is 9.97 Å². The Morgan fingerprint density at radius 2 is 1.96 bits per heavy atom. The van der Waals surface area contributed by atoms with Crippen LogP contribution in [0.15, 0.2) is 23.5 Å². The molecule has 3 heterocycles. The SMILES string of the molecule is CN=C(NCCN1CCN(c2ncccn2)CC1)NCC1(C)CCCO1.I. The second-order valence-corrected chi connectivity index (χ2v) is 7.13. The van der Waals surface area contributed by atoms with Gasteiger partial charge in [0.2, 0.25) is 5.95 Å². The summed E-state index contributed by atoms with van der Waals surface area (Å²) in [5, 5.41) is 6.79. The monoisotopic (exact) mass is 489 g/mol. The first kappa shape index (κ1) is 22.1. The van der Waals surface area contributed by atoms with Crippen molar-refractivity contribution in [2.75, 3.05) is 64.4 Å². The lowest BCUT2D eigenvalue weighted by atomic mass is 10.0. The van der Waals surface area contributed by atoms with Crippen molar-refractivity contribution < 1.29 is 4.74 Å². The van der Waals surface area contributed by atoms with Crippen molar-refractivity contribution in [3.05, 3.63) is 18.5 Å². The van der Waals surface area contributed by atoms with Gasteiger partial charge in [-0.15, -0.1) is 24.0 Å². The predicted molar refractivity (Wildman–Crippen MR) is 119 cm³/mol. The van der Waals surface area contributed by atoms with Crippen molar-refractivity contribution in [3.8, 4) is 0 Å². The van der Waals surface area contributed by atoms with E-state index in [0.29, 0.717) is 0 Å². The maximum Gasteiger partial charge on any atom is 0.225 e. The Hall–Kier alpha value is -1.20. The minimum Gasteiger partial charge on any atom is -0.373 e. The molecular weight excluding hydrogens is 457 g/mol. The highest BCUT2D eigenvalue weighted by Crippen LogP contribution is 2.23. The van der Waals surface area contributed by atoms with Crippen molar-refractivity contribution in [3.63, 3.8) is 0 Å². The van der Waals surface area contributed by atoms with Crippen LogP contribution in [0.4, 0.5) is 5.95 Å². The maximum absolute atomic E-state index is 5.81. The number of nitrogens with zero attached hydrogens (tertiary/aromatic N) is 5. The summed E-state index contributed by atoms with van der Waals surface area (Å²) in [6.07, 6.45) is 5.85. The van der Waals surface area contributed by atoms with Crippen LogP contribution < -0.4 is 15.5 Å². The third-order valence-corrected chi connectivity index (χ3v) is 5.08. The van der Waals surface area contributed by atoms with E-state index in [1.807, 2.05) is 13.1 Å². The van der Waals surface area contributed by atoms with E-state index in [2.05, 4.69) is 42.3 Å². The number of hydrogen-bond donors (Lipinski definition) is 2. The third-order valence-electron chi connectivity index (χ3n) is 5.08. The second kappa shape index (κ2) is 11.0. The fraction of sp³-hybridized carbons (Fsp3) is 0.722. The lowest BCUT2D eigenvalue weighted by Crippen LogP contribution is -2.50. The van der Waals surface area contributed by atoms with Gasteiger partial charge in [0, 0.05) is 71.9 Å². The van der Waals surface area contributed by atoms with Crippen LogP contribution in [0.1, 0.15) is 19.8 Å². The Bertz CT molecular complexity index is 572. The fourth-order valence-electron chi connectivity index (χ4n) is 3.43. The molecule has 152 valence electrons. The second-order valence-electron chi connectivity index (χ2n) is 7.13. The topological polar surface area (TPSA) is 77.9 Å². The molecule has 1 aromatic rings. The van der Waals surface area contributed by atoms with E-state index in [0.717, 1.165) is 77.2 Å². The molecule has 2 saturated heterocycles. The van der Waals surface area contributed by atoms with E-state index in [9.17, 15) is 0 Å². The average molecular weight is 489 g/mol. The Balaban J connectivity index is 0.00000261. The van der Waals surface area contributed by atoms with Gasteiger partial charge in [-0.3, -0.25) is 9.89 Å². The minimum atomic E-state index is -0.0620. The van der Waals surface area contributed by atoms with Crippen LogP contribution in [0.3, 0.4) is 0 Å². The zero-order valence-electron chi connectivity index (χ0n) is 16.4. The van der Waals surface area contributed by atoms with Crippen LogP contribution in [0.25, 0.3) is 0 Å². The summed E-state index contributed by atoms with van der Waals surface area (Å²) < 4.78 is 5.81. The summed E-state index contributed by atoms with van der Waals surface area (Å²) in [5.74, 6) is 1.68. The summed E-state index contributed by atoms with van der Waals surface area (Å²) in [4.78, 5) is 17.7. The van der Waals surface area contributed by atoms with Gasteiger partial charge in [-0.1, -0.05) is 0 Å². The highest BCUT2D eigenvalue weighted by Gasteiger charge is 2.29. The number of ether oxygens (including phenoxy) is 1. The Morgan fingerprint density at radius 1 is 1.22 bits per heavy atom. The number of guanidine groups is 1. The standard InChI is InChI=1S/C18H31N7O.HI/c1-18(5-3-14-26-18)15-23-16(19-2)20-8-9-24-10-12-25(13-11-24)17-21-6-4-7-22-17;/h4,6-7H,3,5,8-15H2,1-2H3,(H2,19,20,23);1H. The van der Waals surface area contributed by atoms with E-state index in [1.54, 1.807) is 12.4 Å². The van der Waals surface area contributed by atoms with Crippen LogP contribution in [-0.2, 0) is 4.74 Å². The number of aromatic nitrogens is 2. The van der Waals surface area contributed by atoms with Crippen molar-refractivity contribution in [1.29, 1.82) is 0 Å². The number of hydrogen-bond acceptors (Lipinski definition) is 6. The molecule has 1 unspecified atom stereocenters. The summed E-state index contributed by atoms with van der Waals surface area (Å²) in [5.41, 5.74) is -0.0620.